The summed E-state index contributed by atoms with van der Waals surface area (Å²) in [5, 5.41) is 9.32. The first-order chi connectivity index (χ1) is 6.81. The zero-order valence-corrected chi connectivity index (χ0v) is 8.71. The van der Waals surface area contributed by atoms with Gasteiger partial charge >= 0.3 is 0 Å². The lowest BCUT2D eigenvalue weighted by atomic mass is 10.1. The first-order valence-electron chi connectivity index (χ1n) is 3.91. The summed E-state index contributed by atoms with van der Waals surface area (Å²) in [6.07, 6.45) is 0.932. The minimum Gasteiger partial charge on any atom is -0.507 e. The Kier molecular flexibility index (Phi) is 2.85. The highest BCUT2D eigenvalue weighted by molar-refractivity contribution is 7.92. The molecule has 0 saturated heterocycles. The van der Waals surface area contributed by atoms with Gasteiger partial charge in [-0.3, -0.25) is 9.52 Å². The second kappa shape index (κ2) is 3.77. The van der Waals surface area contributed by atoms with Crippen LogP contribution in [-0.4, -0.2) is 25.7 Å². The van der Waals surface area contributed by atoms with Crippen molar-refractivity contribution in [3.63, 3.8) is 0 Å². The molecule has 0 fully saturated rings. The first kappa shape index (κ1) is 11.3. The Morgan fingerprint density at radius 1 is 1.47 bits per heavy atom. The molecule has 4 N–H and O–H groups in total. The Labute approximate surface area is 86.8 Å². The lowest BCUT2D eigenvalue weighted by Gasteiger charge is -2.09. The predicted molar refractivity (Wildman–Crippen MR) is 55.1 cm³/mol. The van der Waals surface area contributed by atoms with Gasteiger partial charge in [-0.1, -0.05) is 6.07 Å². The molecule has 0 unspecified atom stereocenters. The van der Waals surface area contributed by atoms with Crippen LogP contribution in [0.4, 0.5) is 5.69 Å². The zero-order valence-electron chi connectivity index (χ0n) is 7.89. The summed E-state index contributed by atoms with van der Waals surface area (Å²) in [4.78, 5) is 11.0. The molecule has 1 aromatic carbocycles. The molecule has 1 amide bonds. The summed E-state index contributed by atoms with van der Waals surface area (Å²) in [6.45, 7) is 0. The number of nitrogens with two attached hydrogens (primary N) is 1. The molecule has 15 heavy (non-hydrogen) atoms. The fourth-order valence-corrected chi connectivity index (χ4v) is 1.65. The van der Waals surface area contributed by atoms with Crippen LogP contribution in [0.2, 0.25) is 0 Å². The molecule has 0 radical (unpaired) electrons. The van der Waals surface area contributed by atoms with Crippen LogP contribution >= 0.6 is 0 Å². The number of aromatic hydroxyl groups is 1. The fraction of sp³-hybridized carbons (Fsp3) is 0.125. The summed E-state index contributed by atoms with van der Waals surface area (Å²) in [5.74, 6) is -1.27. The highest BCUT2D eigenvalue weighted by Gasteiger charge is 2.15. The van der Waals surface area contributed by atoms with E-state index in [2.05, 4.69) is 4.72 Å². The summed E-state index contributed by atoms with van der Waals surface area (Å²) >= 11 is 0. The SMILES string of the molecule is CS(=O)(=O)Nc1cccc(O)c1C(N)=O. The minimum atomic E-state index is -3.52. The van der Waals surface area contributed by atoms with Crippen molar-refractivity contribution in [1.29, 1.82) is 0 Å². The van der Waals surface area contributed by atoms with E-state index in [1.165, 1.54) is 18.2 Å². The van der Waals surface area contributed by atoms with Gasteiger partial charge in [0.1, 0.15) is 11.3 Å². The van der Waals surface area contributed by atoms with E-state index in [0.29, 0.717) is 0 Å². The molecule has 0 heterocycles. The van der Waals surface area contributed by atoms with Crippen molar-refractivity contribution in [2.45, 2.75) is 0 Å². The standard InChI is InChI=1S/C8H10N2O4S/c1-15(13,14)10-5-3-2-4-6(11)7(5)8(9)12/h2-4,10-11H,1H3,(H2,9,12). The number of anilines is 1. The molecule has 0 saturated carbocycles. The predicted octanol–water partition coefficient (Wildman–Crippen LogP) is -0.137. The van der Waals surface area contributed by atoms with Gasteiger partial charge in [0.2, 0.25) is 10.0 Å². The number of sulfonamides is 1. The van der Waals surface area contributed by atoms with Gasteiger partial charge < -0.3 is 10.8 Å². The van der Waals surface area contributed by atoms with E-state index >= 15 is 0 Å². The highest BCUT2D eigenvalue weighted by atomic mass is 32.2. The number of hydrogen-bond donors (Lipinski definition) is 3. The molecule has 0 aliphatic rings. The van der Waals surface area contributed by atoms with E-state index in [9.17, 15) is 18.3 Å². The van der Waals surface area contributed by atoms with Crippen molar-refractivity contribution in [2.24, 2.45) is 5.73 Å². The lowest BCUT2D eigenvalue weighted by Crippen LogP contribution is -2.17. The quantitative estimate of drug-likeness (QED) is 0.671. The third-order valence-electron chi connectivity index (χ3n) is 1.58. The Hall–Kier alpha value is -1.76. The van der Waals surface area contributed by atoms with Gasteiger partial charge in [0.15, 0.2) is 0 Å². The second-order valence-electron chi connectivity index (χ2n) is 2.94. The summed E-state index contributed by atoms with van der Waals surface area (Å²) in [6, 6.07) is 3.98. The number of carbonyl (C=O) groups is 1. The fourth-order valence-electron chi connectivity index (χ4n) is 1.08. The van der Waals surface area contributed by atoms with Crippen LogP contribution < -0.4 is 10.5 Å². The molecule has 0 spiro atoms. The number of rotatable bonds is 3. The van der Waals surface area contributed by atoms with Crippen molar-refractivity contribution in [2.75, 3.05) is 11.0 Å². The van der Waals surface area contributed by atoms with E-state index in [1.54, 1.807) is 0 Å². The number of phenols is 1. The molecule has 0 atom stereocenters. The molecule has 0 aromatic heterocycles. The summed E-state index contributed by atoms with van der Waals surface area (Å²) < 4.78 is 24.0. The van der Waals surface area contributed by atoms with E-state index < -0.39 is 15.9 Å². The summed E-state index contributed by atoms with van der Waals surface area (Å²) in [5.41, 5.74) is 4.72. The smallest absolute Gasteiger partial charge is 0.254 e. The van der Waals surface area contributed by atoms with Crippen molar-refractivity contribution in [1.82, 2.24) is 0 Å². The van der Waals surface area contributed by atoms with Crippen molar-refractivity contribution in [3.8, 4) is 5.75 Å². The van der Waals surface area contributed by atoms with E-state index in [4.69, 9.17) is 5.73 Å². The van der Waals surface area contributed by atoms with Gasteiger partial charge in [-0.05, 0) is 12.1 Å². The normalized spacial score (nSPS) is 11.0. The van der Waals surface area contributed by atoms with Gasteiger partial charge in [-0.15, -0.1) is 0 Å². The Morgan fingerprint density at radius 2 is 2.07 bits per heavy atom. The maximum atomic E-state index is 11.0. The Balaban J connectivity index is 3.30. The number of primary amides is 1. The van der Waals surface area contributed by atoms with Crippen LogP contribution in [0.1, 0.15) is 10.4 Å². The number of nitrogens with one attached hydrogen (secondary N) is 1. The van der Waals surface area contributed by atoms with Gasteiger partial charge in [0.25, 0.3) is 5.91 Å². The van der Waals surface area contributed by atoms with Gasteiger partial charge in [-0.2, -0.15) is 0 Å². The van der Waals surface area contributed by atoms with Gasteiger partial charge in [0.05, 0.1) is 11.9 Å². The zero-order chi connectivity index (χ0) is 11.6. The topological polar surface area (TPSA) is 109 Å². The van der Waals surface area contributed by atoms with Crippen LogP contribution in [-0.2, 0) is 10.0 Å². The van der Waals surface area contributed by atoms with Crippen LogP contribution in [0, 0.1) is 0 Å². The van der Waals surface area contributed by atoms with Crippen LogP contribution in [0.15, 0.2) is 18.2 Å². The molecule has 0 aliphatic heterocycles. The van der Waals surface area contributed by atoms with Gasteiger partial charge in [-0.25, -0.2) is 8.42 Å². The Morgan fingerprint density at radius 3 is 2.53 bits per heavy atom. The van der Waals surface area contributed by atoms with E-state index in [1.807, 2.05) is 0 Å². The number of carbonyl (C=O) groups excluding carboxylic acids is 1. The van der Waals surface area contributed by atoms with Crippen molar-refractivity contribution >= 4 is 21.6 Å². The third kappa shape index (κ3) is 2.84. The monoisotopic (exact) mass is 230 g/mol. The average Bonchev–Trinajstić information content (AvgIpc) is 1.99. The minimum absolute atomic E-state index is 0.0370. The molecule has 0 aliphatic carbocycles. The molecule has 82 valence electrons. The third-order valence-corrected chi connectivity index (χ3v) is 2.17. The number of amides is 1. The van der Waals surface area contributed by atoms with Gasteiger partial charge in [0, 0.05) is 0 Å². The van der Waals surface area contributed by atoms with Crippen molar-refractivity contribution < 1.29 is 18.3 Å². The second-order valence-corrected chi connectivity index (χ2v) is 4.69. The summed E-state index contributed by atoms with van der Waals surface area (Å²) in [7, 11) is -3.52. The molecule has 1 aromatic rings. The molecular formula is C8H10N2O4S. The first-order valence-corrected chi connectivity index (χ1v) is 5.80. The largest absolute Gasteiger partial charge is 0.507 e. The average molecular weight is 230 g/mol. The molecule has 7 heteroatoms. The lowest BCUT2D eigenvalue weighted by molar-refractivity contribution is 0.0998. The Bertz CT molecular complexity index is 495. The van der Waals surface area contributed by atoms with Crippen LogP contribution in [0.3, 0.4) is 0 Å². The highest BCUT2D eigenvalue weighted by Crippen LogP contribution is 2.25. The van der Waals surface area contributed by atoms with E-state index in [0.717, 1.165) is 6.26 Å². The maximum Gasteiger partial charge on any atom is 0.254 e. The molecular weight excluding hydrogens is 220 g/mol. The molecule has 1 rings (SSSR count). The molecule has 0 bridgehead atoms. The van der Waals surface area contributed by atoms with Crippen LogP contribution in [0.25, 0.3) is 0 Å². The number of hydrogen-bond acceptors (Lipinski definition) is 4. The van der Waals surface area contributed by atoms with E-state index in [-0.39, 0.29) is 17.0 Å². The maximum absolute atomic E-state index is 11.0. The van der Waals surface area contributed by atoms with Crippen molar-refractivity contribution in [3.05, 3.63) is 23.8 Å². The van der Waals surface area contributed by atoms with Crippen LogP contribution in [0.5, 0.6) is 5.75 Å². The molecule has 6 nitrogen and oxygen atoms in total. The number of benzene rings is 1.